The van der Waals surface area contributed by atoms with Crippen LogP contribution in [0.5, 0.6) is 0 Å². The molecule has 1 aliphatic heterocycles. The first-order chi connectivity index (χ1) is 12.6. The maximum absolute atomic E-state index is 12.7. The number of rotatable bonds is 3. The van der Waals surface area contributed by atoms with Gasteiger partial charge in [-0.05, 0) is 32.1 Å². The van der Waals surface area contributed by atoms with Gasteiger partial charge >= 0.3 is 6.09 Å². The van der Waals surface area contributed by atoms with Crippen LogP contribution in [-0.2, 0) is 6.42 Å². The molecule has 0 atom stereocenters. The molecule has 2 fully saturated rings. The molecule has 0 radical (unpaired) electrons. The van der Waals surface area contributed by atoms with Gasteiger partial charge in [0.2, 0.25) is 0 Å². The first-order valence-electron chi connectivity index (χ1n) is 9.58. The number of nitrogens with one attached hydrogen (secondary N) is 1. The molecule has 1 saturated heterocycles. The van der Waals surface area contributed by atoms with Gasteiger partial charge in [-0.25, -0.2) is 14.3 Å². The number of aromatic nitrogens is 4. The van der Waals surface area contributed by atoms with Crippen molar-refractivity contribution < 1.29 is 9.90 Å². The minimum absolute atomic E-state index is 0.111. The summed E-state index contributed by atoms with van der Waals surface area (Å²) in [6.07, 6.45) is 5.71. The maximum Gasteiger partial charge on any atom is 0.407 e. The predicted molar refractivity (Wildman–Crippen MR) is 95.8 cm³/mol. The number of aromatic amines is 1. The van der Waals surface area contributed by atoms with E-state index in [1.54, 1.807) is 4.52 Å². The van der Waals surface area contributed by atoms with Crippen LogP contribution in [0.15, 0.2) is 4.79 Å². The number of aryl methyl sites for hydroxylation is 1. The van der Waals surface area contributed by atoms with Gasteiger partial charge in [-0.15, -0.1) is 0 Å². The summed E-state index contributed by atoms with van der Waals surface area (Å²) in [5, 5.41) is 13.9. The van der Waals surface area contributed by atoms with Crippen molar-refractivity contribution in [2.45, 2.75) is 63.7 Å². The van der Waals surface area contributed by atoms with E-state index in [1.807, 2.05) is 6.92 Å². The summed E-state index contributed by atoms with van der Waals surface area (Å²) in [6.45, 7) is 2.98. The van der Waals surface area contributed by atoms with Crippen molar-refractivity contribution in [3.8, 4) is 0 Å². The number of hydrogen-bond acceptors (Lipinski definition) is 4. The third kappa shape index (κ3) is 2.87. The molecule has 0 unspecified atom stereocenters. The fourth-order valence-corrected chi connectivity index (χ4v) is 4.33. The van der Waals surface area contributed by atoms with Crippen LogP contribution in [0.2, 0.25) is 0 Å². The molecule has 0 bridgehead atoms. The Morgan fingerprint density at radius 3 is 2.50 bits per heavy atom. The molecule has 2 aromatic heterocycles. The molecule has 26 heavy (non-hydrogen) atoms. The Bertz CT molecular complexity index is 873. The Balaban J connectivity index is 1.74. The zero-order valence-electron chi connectivity index (χ0n) is 15.1. The normalized spacial score (nSPS) is 19.5. The lowest BCUT2D eigenvalue weighted by molar-refractivity contribution is 0.131. The number of amides is 1. The topological polar surface area (TPSA) is 104 Å². The summed E-state index contributed by atoms with van der Waals surface area (Å²) >= 11 is 0. The number of imidazole rings is 1. The summed E-state index contributed by atoms with van der Waals surface area (Å²) in [5.74, 6) is 2.03. The van der Waals surface area contributed by atoms with Crippen LogP contribution in [-0.4, -0.2) is 48.8 Å². The number of likely N-dealkylation sites (tertiary alicyclic amines) is 1. The number of nitrogens with zero attached hydrogens (tertiary/aromatic N) is 4. The molecule has 8 heteroatoms. The van der Waals surface area contributed by atoms with Crippen LogP contribution in [0.25, 0.3) is 5.52 Å². The Labute approximate surface area is 151 Å². The second kappa shape index (κ2) is 6.74. The third-order valence-electron chi connectivity index (χ3n) is 5.82. The molecule has 0 aromatic carbocycles. The SMILES string of the molecule is CCc1nc(C2CCN(C(=O)O)CC2)n2nc(C3CCCC3)[nH]c(=O)c12. The molecule has 140 valence electrons. The van der Waals surface area contributed by atoms with Gasteiger partial charge in [-0.1, -0.05) is 19.8 Å². The molecule has 4 rings (SSSR count). The standard InChI is InChI=1S/C18H25N5O3/c1-2-13-14-17(24)20-15(11-5-3-4-6-11)21-23(14)16(19-13)12-7-9-22(10-8-12)18(25)26/h11-12H,2-10H2,1H3,(H,25,26)(H,20,21,24). The highest BCUT2D eigenvalue weighted by Gasteiger charge is 2.29. The van der Waals surface area contributed by atoms with Gasteiger partial charge in [0.25, 0.3) is 5.56 Å². The van der Waals surface area contributed by atoms with E-state index in [0.29, 0.717) is 43.8 Å². The number of carbonyl (C=O) groups is 1. The highest BCUT2D eigenvalue weighted by Crippen LogP contribution is 2.32. The molecule has 1 aliphatic carbocycles. The van der Waals surface area contributed by atoms with E-state index in [9.17, 15) is 9.59 Å². The van der Waals surface area contributed by atoms with E-state index in [2.05, 4.69) is 4.98 Å². The van der Waals surface area contributed by atoms with Crippen LogP contribution in [0, 0.1) is 0 Å². The Morgan fingerprint density at radius 1 is 1.19 bits per heavy atom. The van der Waals surface area contributed by atoms with E-state index < -0.39 is 6.09 Å². The Kier molecular flexibility index (Phi) is 4.42. The average molecular weight is 359 g/mol. The highest BCUT2D eigenvalue weighted by atomic mass is 16.4. The van der Waals surface area contributed by atoms with Crippen molar-refractivity contribution in [3.05, 3.63) is 27.7 Å². The second-order valence-corrected chi connectivity index (χ2v) is 7.40. The minimum Gasteiger partial charge on any atom is -0.465 e. The molecule has 2 aliphatic rings. The lowest BCUT2D eigenvalue weighted by Crippen LogP contribution is -2.37. The van der Waals surface area contributed by atoms with Crippen molar-refractivity contribution in [1.82, 2.24) is 24.5 Å². The van der Waals surface area contributed by atoms with Crippen molar-refractivity contribution in [3.63, 3.8) is 0 Å². The lowest BCUT2D eigenvalue weighted by atomic mass is 9.96. The summed E-state index contributed by atoms with van der Waals surface area (Å²) in [6, 6.07) is 0. The second-order valence-electron chi connectivity index (χ2n) is 7.40. The van der Waals surface area contributed by atoms with Crippen molar-refractivity contribution in [2.75, 3.05) is 13.1 Å². The smallest absolute Gasteiger partial charge is 0.407 e. The number of H-pyrrole nitrogens is 1. The van der Waals surface area contributed by atoms with Crippen molar-refractivity contribution in [2.24, 2.45) is 0 Å². The molecule has 0 spiro atoms. The van der Waals surface area contributed by atoms with Gasteiger partial charge in [-0.2, -0.15) is 5.10 Å². The largest absolute Gasteiger partial charge is 0.465 e. The van der Waals surface area contributed by atoms with E-state index in [4.69, 9.17) is 15.2 Å². The zero-order chi connectivity index (χ0) is 18.3. The Hall–Kier alpha value is -2.38. The number of carboxylic acid groups (broad SMARTS) is 1. The van der Waals surface area contributed by atoms with E-state index in [1.165, 1.54) is 17.7 Å². The first-order valence-corrected chi connectivity index (χ1v) is 9.58. The van der Waals surface area contributed by atoms with Gasteiger partial charge in [0.15, 0.2) is 5.52 Å². The maximum atomic E-state index is 12.7. The zero-order valence-corrected chi connectivity index (χ0v) is 15.1. The third-order valence-corrected chi connectivity index (χ3v) is 5.82. The summed E-state index contributed by atoms with van der Waals surface area (Å²) < 4.78 is 1.76. The van der Waals surface area contributed by atoms with Gasteiger partial charge in [0.1, 0.15) is 11.6 Å². The van der Waals surface area contributed by atoms with Gasteiger partial charge < -0.3 is 15.0 Å². The molecule has 3 heterocycles. The van der Waals surface area contributed by atoms with Crippen LogP contribution in [0.3, 0.4) is 0 Å². The van der Waals surface area contributed by atoms with Gasteiger partial charge in [0, 0.05) is 24.9 Å². The van der Waals surface area contributed by atoms with E-state index in [-0.39, 0.29) is 11.5 Å². The highest BCUT2D eigenvalue weighted by molar-refractivity contribution is 5.65. The van der Waals surface area contributed by atoms with Crippen LogP contribution < -0.4 is 5.56 Å². The van der Waals surface area contributed by atoms with E-state index in [0.717, 1.165) is 30.2 Å². The predicted octanol–water partition coefficient (Wildman–Crippen LogP) is 2.50. The monoisotopic (exact) mass is 359 g/mol. The first kappa shape index (κ1) is 17.1. The van der Waals surface area contributed by atoms with Crippen molar-refractivity contribution >= 4 is 11.6 Å². The molecule has 2 N–H and O–H groups in total. The van der Waals surface area contributed by atoms with Crippen LogP contribution in [0.4, 0.5) is 4.79 Å². The summed E-state index contributed by atoms with van der Waals surface area (Å²) in [5.41, 5.74) is 1.21. The fraction of sp³-hybridized carbons (Fsp3) is 0.667. The van der Waals surface area contributed by atoms with Gasteiger partial charge in [-0.3, -0.25) is 4.79 Å². The fourth-order valence-electron chi connectivity index (χ4n) is 4.33. The van der Waals surface area contributed by atoms with Crippen LogP contribution in [0.1, 0.15) is 74.6 Å². The lowest BCUT2D eigenvalue weighted by Gasteiger charge is -2.29. The molecular weight excluding hydrogens is 334 g/mol. The van der Waals surface area contributed by atoms with Crippen LogP contribution >= 0.6 is 0 Å². The molecule has 1 amide bonds. The summed E-state index contributed by atoms with van der Waals surface area (Å²) in [7, 11) is 0. The molecule has 2 aromatic rings. The molecular formula is C18H25N5O3. The Morgan fingerprint density at radius 2 is 1.88 bits per heavy atom. The van der Waals surface area contributed by atoms with Gasteiger partial charge in [0.05, 0.1) is 5.69 Å². The molecule has 1 saturated carbocycles. The van der Waals surface area contributed by atoms with Crippen molar-refractivity contribution in [1.29, 1.82) is 0 Å². The number of hydrogen-bond donors (Lipinski definition) is 2. The quantitative estimate of drug-likeness (QED) is 0.876. The summed E-state index contributed by atoms with van der Waals surface area (Å²) in [4.78, 5) is 33.1. The number of piperidine rings is 1. The van der Waals surface area contributed by atoms with E-state index >= 15 is 0 Å². The number of fused-ring (bicyclic) bond motifs is 1. The minimum atomic E-state index is -0.872. The molecule has 8 nitrogen and oxygen atoms in total. The average Bonchev–Trinajstić information content (AvgIpc) is 3.29.